The Morgan fingerprint density at radius 1 is 0.638 bits per heavy atom. The van der Waals surface area contributed by atoms with Crippen molar-refractivity contribution in [2.75, 3.05) is 33.0 Å². The van der Waals surface area contributed by atoms with Crippen molar-refractivity contribution in [1.82, 2.24) is 0 Å². The number of hydrogen-bond acceptors (Lipinski definition) is 8. The van der Waals surface area contributed by atoms with Gasteiger partial charge in [0, 0.05) is 13.0 Å². The molecular formula is C37H73O9P. The van der Waals surface area contributed by atoms with Crippen LogP contribution in [0, 0.1) is 0 Å². The van der Waals surface area contributed by atoms with E-state index >= 15 is 0 Å². The van der Waals surface area contributed by atoms with Crippen LogP contribution in [0.4, 0.5) is 0 Å². The molecule has 0 bridgehead atoms. The smallest absolute Gasteiger partial charge is 0.457 e. The Bertz CT molecular complexity index is 749. The van der Waals surface area contributed by atoms with Gasteiger partial charge >= 0.3 is 13.8 Å². The van der Waals surface area contributed by atoms with E-state index in [1.165, 1.54) is 103 Å². The Morgan fingerprint density at radius 2 is 1.09 bits per heavy atom. The first-order valence-corrected chi connectivity index (χ1v) is 20.7. The van der Waals surface area contributed by atoms with Crippen LogP contribution in [0.2, 0.25) is 0 Å². The van der Waals surface area contributed by atoms with Crippen LogP contribution in [-0.4, -0.2) is 66.3 Å². The number of aliphatic hydroxyl groups is 2. The number of carbonyl (C=O) groups excluding carboxylic acids is 1. The zero-order chi connectivity index (χ0) is 34.7. The number of aliphatic hydroxyl groups excluding tert-OH is 2. The standard InChI is InChI=1S/C37H73O9P/c1-3-5-7-9-11-13-15-17-18-20-22-24-26-28-30-43-33-36(34-45-47(41,42)44-32-35(39)31-38)46-37(40)29-27-25-23-21-19-16-14-12-10-8-6-4-2/h12,14,35-36,38-39H,3-11,13,15-34H2,1-2H3,(H,41,42)/b14-12-. The van der Waals surface area contributed by atoms with Crippen LogP contribution in [0.1, 0.15) is 174 Å². The number of hydrogen-bond donors (Lipinski definition) is 3. The fraction of sp³-hybridized carbons (Fsp3) is 0.919. The molecule has 0 radical (unpaired) electrons. The van der Waals surface area contributed by atoms with E-state index in [0.29, 0.717) is 6.61 Å². The second-order valence-electron chi connectivity index (χ2n) is 13.0. The quantitative estimate of drug-likeness (QED) is 0.0252. The van der Waals surface area contributed by atoms with Crippen LogP contribution in [0.25, 0.3) is 0 Å². The Morgan fingerprint density at radius 3 is 1.64 bits per heavy atom. The van der Waals surface area contributed by atoms with E-state index in [0.717, 1.165) is 51.4 Å². The molecule has 0 aliphatic rings. The van der Waals surface area contributed by atoms with Crippen molar-refractivity contribution in [2.24, 2.45) is 0 Å². The van der Waals surface area contributed by atoms with E-state index < -0.39 is 39.2 Å². The minimum absolute atomic E-state index is 0.0510. The molecule has 0 saturated heterocycles. The minimum atomic E-state index is -4.51. The monoisotopic (exact) mass is 692 g/mol. The number of rotatable bonds is 37. The van der Waals surface area contributed by atoms with Crippen molar-refractivity contribution >= 4 is 13.8 Å². The summed E-state index contributed by atoms with van der Waals surface area (Å²) < 4.78 is 33.2. The van der Waals surface area contributed by atoms with Gasteiger partial charge in [-0.15, -0.1) is 0 Å². The average Bonchev–Trinajstić information content (AvgIpc) is 3.06. The third kappa shape index (κ3) is 34.8. The first kappa shape index (κ1) is 46.2. The summed E-state index contributed by atoms with van der Waals surface area (Å²) in [5.41, 5.74) is 0. The summed E-state index contributed by atoms with van der Waals surface area (Å²) in [6.45, 7) is 3.50. The van der Waals surface area contributed by atoms with E-state index in [-0.39, 0.29) is 19.6 Å². The average molecular weight is 693 g/mol. The molecule has 0 aliphatic carbocycles. The minimum Gasteiger partial charge on any atom is -0.457 e. The van der Waals surface area contributed by atoms with E-state index in [2.05, 4.69) is 26.0 Å². The van der Waals surface area contributed by atoms with Gasteiger partial charge in [0.1, 0.15) is 12.2 Å². The number of carbonyl (C=O) groups is 1. The molecular weight excluding hydrogens is 619 g/mol. The van der Waals surface area contributed by atoms with Gasteiger partial charge in [-0.2, -0.15) is 0 Å². The molecule has 0 spiro atoms. The maximum Gasteiger partial charge on any atom is 0.472 e. The van der Waals surface area contributed by atoms with Crippen molar-refractivity contribution in [3.8, 4) is 0 Å². The van der Waals surface area contributed by atoms with E-state index in [1.54, 1.807) is 0 Å². The molecule has 0 fully saturated rings. The maximum atomic E-state index is 12.5. The van der Waals surface area contributed by atoms with Gasteiger partial charge in [0.2, 0.25) is 0 Å². The molecule has 0 heterocycles. The number of ether oxygens (including phenoxy) is 2. The Kier molecular flexibility index (Phi) is 34.4. The van der Waals surface area contributed by atoms with Crippen LogP contribution in [-0.2, 0) is 27.9 Å². The molecule has 9 nitrogen and oxygen atoms in total. The predicted octanol–water partition coefficient (Wildman–Crippen LogP) is 9.75. The second-order valence-corrected chi connectivity index (χ2v) is 14.4. The first-order chi connectivity index (χ1) is 22.8. The largest absolute Gasteiger partial charge is 0.472 e. The van der Waals surface area contributed by atoms with Crippen molar-refractivity contribution in [3.05, 3.63) is 12.2 Å². The van der Waals surface area contributed by atoms with Crippen LogP contribution in [0.3, 0.4) is 0 Å². The molecule has 280 valence electrons. The number of phosphoric acid groups is 1. The molecule has 0 saturated carbocycles. The zero-order valence-corrected chi connectivity index (χ0v) is 31.2. The van der Waals surface area contributed by atoms with E-state index in [1.807, 2.05) is 0 Å². The van der Waals surface area contributed by atoms with Crippen molar-refractivity contribution in [1.29, 1.82) is 0 Å². The molecule has 0 aliphatic heterocycles. The molecule has 10 heteroatoms. The Hall–Kier alpha value is -0.800. The van der Waals surface area contributed by atoms with Crippen molar-refractivity contribution in [2.45, 2.75) is 187 Å². The lowest BCUT2D eigenvalue weighted by Crippen LogP contribution is -2.29. The highest BCUT2D eigenvalue weighted by atomic mass is 31.2. The summed E-state index contributed by atoms with van der Waals surface area (Å²) in [5.74, 6) is -0.391. The lowest BCUT2D eigenvalue weighted by atomic mass is 10.0. The van der Waals surface area contributed by atoms with E-state index in [4.69, 9.17) is 23.6 Å². The predicted molar refractivity (Wildman–Crippen MR) is 191 cm³/mol. The molecule has 0 aromatic heterocycles. The first-order valence-electron chi connectivity index (χ1n) is 19.2. The van der Waals surface area contributed by atoms with Gasteiger partial charge in [-0.25, -0.2) is 4.57 Å². The number of esters is 1. The molecule has 0 aromatic rings. The molecule has 0 aromatic carbocycles. The third-order valence-electron chi connectivity index (χ3n) is 8.20. The lowest BCUT2D eigenvalue weighted by molar-refractivity contribution is -0.154. The van der Waals surface area contributed by atoms with Crippen LogP contribution in [0.15, 0.2) is 12.2 Å². The summed E-state index contributed by atoms with van der Waals surface area (Å²) in [6, 6.07) is 0. The number of unbranched alkanes of at least 4 members (excludes halogenated alkanes) is 21. The second kappa shape index (κ2) is 35.0. The highest BCUT2D eigenvalue weighted by Gasteiger charge is 2.26. The third-order valence-corrected chi connectivity index (χ3v) is 9.15. The summed E-state index contributed by atoms with van der Waals surface area (Å²) in [5, 5.41) is 18.3. The lowest BCUT2D eigenvalue weighted by Gasteiger charge is -2.20. The van der Waals surface area contributed by atoms with Crippen molar-refractivity contribution < 1.29 is 43.0 Å². The van der Waals surface area contributed by atoms with Crippen LogP contribution in [0.5, 0.6) is 0 Å². The fourth-order valence-corrected chi connectivity index (χ4v) is 6.02. The topological polar surface area (TPSA) is 132 Å². The van der Waals surface area contributed by atoms with E-state index in [9.17, 15) is 19.4 Å². The van der Waals surface area contributed by atoms with Gasteiger partial charge in [0.05, 0.1) is 26.4 Å². The Labute approximate surface area is 288 Å². The number of allylic oxidation sites excluding steroid dienone is 2. The number of phosphoric ester groups is 1. The highest BCUT2D eigenvalue weighted by molar-refractivity contribution is 7.47. The molecule has 0 rings (SSSR count). The zero-order valence-electron chi connectivity index (χ0n) is 30.3. The van der Waals surface area contributed by atoms with Gasteiger partial charge < -0.3 is 24.6 Å². The van der Waals surface area contributed by atoms with Gasteiger partial charge in [-0.1, -0.05) is 142 Å². The molecule has 3 atom stereocenters. The SMILES string of the molecule is CCCCC/C=C\CCCCCCCC(=O)OC(COCCCCCCCCCCCCCCCC)COP(=O)(O)OCC(O)CO. The molecule has 3 unspecified atom stereocenters. The maximum absolute atomic E-state index is 12.5. The molecule has 47 heavy (non-hydrogen) atoms. The summed E-state index contributed by atoms with van der Waals surface area (Å²) in [4.78, 5) is 22.4. The van der Waals surface area contributed by atoms with Gasteiger partial charge in [0.15, 0.2) is 0 Å². The summed E-state index contributed by atoms with van der Waals surface area (Å²) >= 11 is 0. The Balaban J connectivity index is 4.22. The van der Waals surface area contributed by atoms with Crippen LogP contribution < -0.4 is 0 Å². The fourth-order valence-electron chi connectivity index (χ4n) is 5.23. The normalized spacial score (nSPS) is 14.4. The van der Waals surface area contributed by atoms with Gasteiger partial charge in [0.25, 0.3) is 0 Å². The van der Waals surface area contributed by atoms with Gasteiger partial charge in [-0.3, -0.25) is 13.8 Å². The highest BCUT2D eigenvalue weighted by Crippen LogP contribution is 2.43. The van der Waals surface area contributed by atoms with Crippen molar-refractivity contribution in [3.63, 3.8) is 0 Å². The molecule has 3 N–H and O–H groups in total. The van der Waals surface area contributed by atoms with Crippen LogP contribution >= 0.6 is 7.82 Å². The summed E-state index contributed by atoms with van der Waals surface area (Å²) in [6.07, 6.45) is 31.6. The summed E-state index contributed by atoms with van der Waals surface area (Å²) in [7, 11) is -4.51. The molecule has 0 amide bonds. The van der Waals surface area contributed by atoms with Gasteiger partial charge in [-0.05, 0) is 38.5 Å².